The maximum atomic E-state index is 6.00. The van der Waals surface area contributed by atoms with Gasteiger partial charge < -0.3 is 9.05 Å². The third-order valence-electron chi connectivity index (χ3n) is 3.24. The summed E-state index contributed by atoms with van der Waals surface area (Å²) in [5, 5.41) is 0. The summed E-state index contributed by atoms with van der Waals surface area (Å²) in [5.74, 6) is 1.07. The Morgan fingerprint density at radius 2 is 1.23 bits per heavy atom. The summed E-state index contributed by atoms with van der Waals surface area (Å²) in [6.45, 7) is 8.16. The Kier molecular flexibility index (Phi) is 22.1. The van der Waals surface area contributed by atoms with Crippen LogP contribution in [0, 0.1) is 0 Å². The molecule has 2 nitrogen and oxygen atoms in total. The molecular weight excluding hydrogens is 385 g/mol. The molecule has 22 heavy (non-hydrogen) atoms. The zero-order valence-electron chi connectivity index (χ0n) is 15.0. The van der Waals surface area contributed by atoms with Gasteiger partial charge in [-0.25, -0.2) is 0 Å². The summed E-state index contributed by atoms with van der Waals surface area (Å²) in [6, 6.07) is 0. The topological polar surface area (TPSA) is 18.5 Å². The minimum Gasteiger partial charge on any atom is -0.322 e. The predicted molar refractivity (Wildman–Crippen MR) is 102 cm³/mol. The van der Waals surface area contributed by atoms with Crippen molar-refractivity contribution in [3.05, 3.63) is 0 Å². The monoisotopic (exact) mass is 418 g/mol. The summed E-state index contributed by atoms with van der Waals surface area (Å²) in [7, 11) is 0. The van der Waals surface area contributed by atoms with Crippen LogP contribution >= 0.6 is 17.1 Å². The molecule has 0 fully saturated rings. The molecule has 0 aromatic carbocycles. The van der Waals surface area contributed by atoms with E-state index in [1.807, 2.05) is 0 Å². The second kappa shape index (κ2) is 18.9. The van der Waals surface area contributed by atoms with E-state index in [0.717, 1.165) is 38.2 Å². The molecule has 0 aliphatic carbocycles. The summed E-state index contributed by atoms with van der Waals surface area (Å²) >= 11 is 7.43. The van der Waals surface area contributed by atoms with Gasteiger partial charge in [-0.15, -0.1) is 0 Å². The second-order valence-corrected chi connectivity index (χ2v) is 11.9. The third-order valence-corrected chi connectivity index (χ3v) is 8.74. The van der Waals surface area contributed by atoms with E-state index in [-0.39, 0.29) is 19.5 Å². The fraction of sp³-hybridized carbons (Fsp3) is 1.00. The molecule has 0 aromatic rings. The van der Waals surface area contributed by atoms with Crippen LogP contribution in [0.3, 0.4) is 0 Å². The van der Waals surface area contributed by atoms with Crippen molar-refractivity contribution >= 4 is 28.9 Å². The van der Waals surface area contributed by atoms with Gasteiger partial charge in [0.25, 0.3) is 0 Å². The van der Waals surface area contributed by atoms with Crippen LogP contribution in [0.4, 0.5) is 0 Å². The molecular formula is C16H35O2PS2Zn. The first kappa shape index (κ1) is 25.8. The van der Waals surface area contributed by atoms with Crippen LogP contribution < -0.4 is 0 Å². The van der Waals surface area contributed by atoms with Crippen molar-refractivity contribution in [2.45, 2.75) is 85.0 Å². The van der Waals surface area contributed by atoms with Gasteiger partial charge in [0.2, 0.25) is 5.69 Å². The van der Waals surface area contributed by atoms with Crippen LogP contribution in [0.15, 0.2) is 0 Å². The molecule has 0 aromatic heterocycles. The van der Waals surface area contributed by atoms with Crippen molar-refractivity contribution in [3.63, 3.8) is 0 Å². The van der Waals surface area contributed by atoms with Gasteiger partial charge in [0.05, 0.1) is 13.2 Å². The quantitative estimate of drug-likeness (QED) is 0.153. The molecule has 0 heterocycles. The van der Waals surface area contributed by atoms with Gasteiger partial charge in [-0.1, -0.05) is 77.1 Å². The molecule has 0 saturated carbocycles. The molecule has 0 rings (SSSR count). The first-order valence-corrected chi connectivity index (χ1v) is 12.9. The maximum absolute atomic E-state index is 6.00. The molecule has 0 N–H and O–H groups in total. The van der Waals surface area contributed by atoms with E-state index in [1.165, 1.54) is 44.9 Å². The van der Waals surface area contributed by atoms with Crippen LogP contribution in [-0.4, -0.2) is 19.0 Å². The van der Waals surface area contributed by atoms with E-state index in [9.17, 15) is 0 Å². The predicted octanol–water partition coefficient (Wildman–Crippen LogP) is 6.94. The molecule has 1 unspecified atom stereocenters. The standard InChI is InChI=1S/C16H35O2PS2.Zn/c1-4-7-10-11-12-13-15-18-19(20,17-14-8-5-2)21-16-9-6-3;/h4-16H2,1-3H3;. The Balaban J connectivity index is 0. The summed E-state index contributed by atoms with van der Waals surface area (Å²) in [6.07, 6.45) is 12.3. The van der Waals surface area contributed by atoms with E-state index in [0.29, 0.717) is 0 Å². The molecule has 0 spiro atoms. The minimum atomic E-state index is -2.09. The van der Waals surface area contributed by atoms with E-state index in [1.54, 1.807) is 11.4 Å². The van der Waals surface area contributed by atoms with Gasteiger partial charge in [0, 0.05) is 25.2 Å². The molecule has 0 amide bonds. The Bertz CT molecular complexity index is 255. The fourth-order valence-corrected chi connectivity index (χ4v) is 6.45. The van der Waals surface area contributed by atoms with Gasteiger partial charge >= 0.3 is 0 Å². The number of unbranched alkanes of at least 4 members (excludes halogenated alkanes) is 7. The van der Waals surface area contributed by atoms with Crippen molar-refractivity contribution < 1.29 is 28.5 Å². The third kappa shape index (κ3) is 16.4. The Hall–Kier alpha value is 1.54. The number of rotatable bonds is 16. The first-order chi connectivity index (χ1) is 10.2. The van der Waals surface area contributed by atoms with Gasteiger partial charge in [-0.2, -0.15) is 0 Å². The van der Waals surface area contributed by atoms with Crippen LogP contribution in [0.5, 0.6) is 0 Å². The van der Waals surface area contributed by atoms with Crippen LogP contribution in [0.25, 0.3) is 0 Å². The minimum absolute atomic E-state index is 0. The zero-order valence-corrected chi connectivity index (χ0v) is 20.5. The molecule has 6 heteroatoms. The summed E-state index contributed by atoms with van der Waals surface area (Å²) < 4.78 is 11.9. The van der Waals surface area contributed by atoms with Crippen molar-refractivity contribution in [2.75, 3.05) is 19.0 Å². The van der Waals surface area contributed by atoms with E-state index in [4.69, 9.17) is 20.9 Å². The van der Waals surface area contributed by atoms with Gasteiger partial charge in [-0.05, 0) is 31.1 Å². The van der Waals surface area contributed by atoms with E-state index < -0.39 is 5.69 Å². The average Bonchev–Trinajstić information content (AvgIpc) is 2.47. The van der Waals surface area contributed by atoms with Gasteiger partial charge in [0.15, 0.2) is 0 Å². The number of hydrogen-bond acceptors (Lipinski definition) is 4. The fourth-order valence-electron chi connectivity index (χ4n) is 1.81. The largest absolute Gasteiger partial charge is 0.322 e. The average molecular weight is 420 g/mol. The molecule has 0 aliphatic heterocycles. The summed E-state index contributed by atoms with van der Waals surface area (Å²) in [5.41, 5.74) is -2.09. The SMILES string of the molecule is CCCCCCCCOP(=S)(OCCCC)SCCCC.[Zn]. The molecule has 0 aliphatic rings. The Morgan fingerprint density at radius 3 is 1.82 bits per heavy atom. The van der Waals surface area contributed by atoms with Crippen LogP contribution in [-0.2, 0) is 40.3 Å². The Morgan fingerprint density at radius 1 is 0.727 bits per heavy atom. The van der Waals surface area contributed by atoms with Gasteiger partial charge in [-0.3, -0.25) is 0 Å². The van der Waals surface area contributed by atoms with E-state index >= 15 is 0 Å². The van der Waals surface area contributed by atoms with Crippen LogP contribution in [0.1, 0.15) is 85.0 Å². The van der Waals surface area contributed by atoms with Crippen molar-refractivity contribution in [1.82, 2.24) is 0 Å². The molecule has 0 radical (unpaired) electrons. The Labute approximate surface area is 160 Å². The molecule has 1 atom stereocenters. The van der Waals surface area contributed by atoms with Crippen molar-refractivity contribution in [3.8, 4) is 0 Å². The molecule has 130 valence electrons. The smallest absolute Gasteiger partial charge is 0.247 e. The van der Waals surface area contributed by atoms with Gasteiger partial charge in [0.1, 0.15) is 0 Å². The van der Waals surface area contributed by atoms with Crippen LogP contribution in [0.2, 0.25) is 0 Å². The van der Waals surface area contributed by atoms with Crippen molar-refractivity contribution in [2.24, 2.45) is 0 Å². The molecule has 0 saturated heterocycles. The van der Waals surface area contributed by atoms with Crippen molar-refractivity contribution in [1.29, 1.82) is 0 Å². The zero-order chi connectivity index (χ0) is 15.8. The molecule has 0 bridgehead atoms. The summed E-state index contributed by atoms with van der Waals surface area (Å²) in [4.78, 5) is 0. The second-order valence-electron chi connectivity index (χ2n) is 5.42. The first-order valence-electron chi connectivity index (χ1n) is 8.72. The number of hydrogen-bond donors (Lipinski definition) is 0. The normalized spacial score (nSPS) is 13.6. The van der Waals surface area contributed by atoms with E-state index in [2.05, 4.69) is 20.8 Å². The maximum Gasteiger partial charge on any atom is 0.247 e.